The monoisotopic (exact) mass is 491 g/mol. The van der Waals surface area contributed by atoms with Gasteiger partial charge < -0.3 is 20.0 Å². The van der Waals surface area contributed by atoms with E-state index in [1.54, 1.807) is 0 Å². The van der Waals surface area contributed by atoms with E-state index in [4.69, 9.17) is 11.6 Å². The highest BCUT2D eigenvalue weighted by Gasteiger charge is 2.22. The summed E-state index contributed by atoms with van der Waals surface area (Å²) in [6.45, 7) is 7.30. The number of nitrogens with one attached hydrogen (secondary N) is 1. The molecule has 2 aliphatic heterocycles. The van der Waals surface area contributed by atoms with Crippen LogP contribution in [0, 0.1) is 5.92 Å². The maximum atomic E-state index is 6.34. The van der Waals surface area contributed by atoms with Crippen molar-refractivity contribution in [3.05, 3.63) is 29.3 Å². The van der Waals surface area contributed by atoms with Crippen molar-refractivity contribution in [1.82, 2.24) is 15.1 Å². The smallest absolute Gasteiger partial charge is 0.193 e. The van der Waals surface area contributed by atoms with Gasteiger partial charge in [-0.2, -0.15) is 0 Å². The molecule has 3 rings (SSSR count). The van der Waals surface area contributed by atoms with Gasteiger partial charge >= 0.3 is 0 Å². The van der Waals surface area contributed by atoms with E-state index in [2.05, 4.69) is 44.2 Å². The summed E-state index contributed by atoms with van der Waals surface area (Å²) in [4.78, 5) is 11.7. The van der Waals surface area contributed by atoms with Crippen molar-refractivity contribution in [2.75, 3.05) is 64.8 Å². The van der Waals surface area contributed by atoms with Gasteiger partial charge in [-0.25, -0.2) is 0 Å². The number of nitrogens with zero attached hydrogens (tertiary/aromatic N) is 4. The maximum Gasteiger partial charge on any atom is 0.193 e. The number of halogens is 2. The molecule has 0 amide bonds. The first-order valence-corrected chi connectivity index (χ1v) is 9.69. The van der Waals surface area contributed by atoms with Gasteiger partial charge in [-0.3, -0.25) is 4.99 Å². The van der Waals surface area contributed by atoms with Gasteiger partial charge in [0.1, 0.15) is 0 Å². The summed E-state index contributed by atoms with van der Waals surface area (Å²) < 4.78 is 0. The van der Waals surface area contributed by atoms with Crippen LogP contribution in [-0.2, 0) is 0 Å². The molecule has 0 radical (unpaired) electrons. The van der Waals surface area contributed by atoms with E-state index in [-0.39, 0.29) is 24.0 Å². The minimum Gasteiger partial charge on any atom is -0.367 e. The first-order chi connectivity index (χ1) is 12.2. The van der Waals surface area contributed by atoms with Gasteiger partial charge in [-0.1, -0.05) is 23.7 Å². The van der Waals surface area contributed by atoms with E-state index in [9.17, 15) is 0 Å². The van der Waals surface area contributed by atoms with E-state index < -0.39 is 0 Å². The van der Waals surface area contributed by atoms with Gasteiger partial charge in [-0.05, 0) is 44.5 Å². The summed E-state index contributed by atoms with van der Waals surface area (Å²) in [7, 11) is 4.10. The Kier molecular flexibility index (Phi) is 8.76. The quantitative estimate of drug-likeness (QED) is 0.400. The standard InChI is InChI=1S/C19H30ClN5.HI/c1-21-19(22-14-16-6-5-9-23(2)15-16)25-12-10-24(11-13-25)18-8-4-3-7-17(18)20;/h3-4,7-8,16H,5-6,9-15H2,1-2H3,(H,21,22);1H. The summed E-state index contributed by atoms with van der Waals surface area (Å²) in [5, 5.41) is 4.43. The van der Waals surface area contributed by atoms with Crippen LogP contribution in [0.3, 0.4) is 0 Å². The second-order valence-electron chi connectivity index (χ2n) is 7.12. The van der Waals surface area contributed by atoms with E-state index in [0.29, 0.717) is 0 Å². The van der Waals surface area contributed by atoms with Crippen LogP contribution in [0.15, 0.2) is 29.3 Å². The van der Waals surface area contributed by atoms with E-state index >= 15 is 0 Å². The highest BCUT2D eigenvalue weighted by molar-refractivity contribution is 14.0. The topological polar surface area (TPSA) is 34.1 Å². The van der Waals surface area contributed by atoms with Crippen molar-refractivity contribution in [3.63, 3.8) is 0 Å². The van der Waals surface area contributed by atoms with Gasteiger partial charge in [0.2, 0.25) is 0 Å². The summed E-state index contributed by atoms with van der Waals surface area (Å²) in [6, 6.07) is 8.10. The lowest BCUT2D eigenvalue weighted by Gasteiger charge is -2.38. The van der Waals surface area contributed by atoms with Gasteiger partial charge in [0.15, 0.2) is 5.96 Å². The van der Waals surface area contributed by atoms with Gasteiger partial charge in [0.25, 0.3) is 0 Å². The largest absolute Gasteiger partial charge is 0.367 e. The summed E-state index contributed by atoms with van der Waals surface area (Å²) >= 11 is 6.34. The Morgan fingerprint density at radius 3 is 2.58 bits per heavy atom. The molecule has 2 heterocycles. The van der Waals surface area contributed by atoms with Crippen LogP contribution in [-0.4, -0.2) is 75.7 Å². The molecule has 1 atom stereocenters. The van der Waals surface area contributed by atoms with E-state index in [0.717, 1.165) is 55.3 Å². The lowest BCUT2D eigenvalue weighted by atomic mass is 9.98. The molecule has 26 heavy (non-hydrogen) atoms. The normalized spacial score (nSPS) is 22.1. The summed E-state index contributed by atoms with van der Waals surface area (Å²) in [5.74, 6) is 1.76. The fourth-order valence-electron chi connectivity index (χ4n) is 3.88. The number of aliphatic imine (C=N–C) groups is 1. The molecule has 0 spiro atoms. The predicted molar refractivity (Wildman–Crippen MR) is 122 cm³/mol. The maximum absolute atomic E-state index is 6.34. The number of para-hydroxylation sites is 1. The summed E-state index contributed by atoms with van der Waals surface area (Å²) in [6.07, 6.45) is 2.62. The fourth-order valence-corrected chi connectivity index (χ4v) is 4.13. The zero-order chi connectivity index (χ0) is 17.6. The van der Waals surface area contributed by atoms with Crippen LogP contribution in [0.25, 0.3) is 0 Å². The molecule has 0 bridgehead atoms. The zero-order valence-electron chi connectivity index (χ0n) is 15.8. The molecule has 1 aromatic carbocycles. The third-order valence-corrected chi connectivity index (χ3v) is 5.57. The molecule has 5 nitrogen and oxygen atoms in total. The average Bonchev–Trinajstić information content (AvgIpc) is 2.63. The Morgan fingerprint density at radius 1 is 1.19 bits per heavy atom. The molecule has 2 saturated heterocycles. The minimum atomic E-state index is 0. The SMILES string of the molecule is CN=C(NCC1CCCN(C)C1)N1CCN(c2ccccc2Cl)CC1.I. The van der Waals surface area contributed by atoms with Crippen molar-refractivity contribution in [3.8, 4) is 0 Å². The van der Waals surface area contributed by atoms with E-state index in [1.165, 1.54) is 25.9 Å². The number of piperidine rings is 1. The molecule has 2 fully saturated rings. The molecule has 1 aromatic rings. The van der Waals surface area contributed by atoms with Crippen LogP contribution < -0.4 is 10.2 Å². The number of guanidine groups is 1. The van der Waals surface area contributed by atoms with Gasteiger partial charge in [-0.15, -0.1) is 24.0 Å². The number of likely N-dealkylation sites (tertiary alicyclic amines) is 1. The van der Waals surface area contributed by atoms with Crippen LogP contribution in [0.1, 0.15) is 12.8 Å². The molecule has 7 heteroatoms. The number of benzene rings is 1. The zero-order valence-corrected chi connectivity index (χ0v) is 18.9. The Balaban J connectivity index is 0.00000243. The first-order valence-electron chi connectivity index (χ1n) is 9.31. The van der Waals surface area contributed by atoms with E-state index in [1.807, 2.05) is 19.2 Å². The minimum absolute atomic E-state index is 0. The Hall–Kier alpha value is -0.730. The molecule has 0 saturated carbocycles. The molecular weight excluding hydrogens is 461 g/mol. The number of anilines is 1. The highest BCUT2D eigenvalue weighted by Crippen LogP contribution is 2.26. The number of piperazine rings is 1. The van der Waals surface area contributed by atoms with Crippen molar-refractivity contribution >= 4 is 47.2 Å². The van der Waals surface area contributed by atoms with Crippen molar-refractivity contribution in [1.29, 1.82) is 0 Å². The van der Waals surface area contributed by atoms with Gasteiger partial charge in [0, 0.05) is 46.3 Å². The number of hydrogen-bond acceptors (Lipinski definition) is 3. The number of rotatable bonds is 3. The van der Waals surface area contributed by atoms with Crippen LogP contribution in [0.4, 0.5) is 5.69 Å². The average molecular weight is 492 g/mol. The van der Waals surface area contributed by atoms with Gasteiger partial charge in [0.05, 0.1) is 10.7 Å². The Morgan fingerprint density at radius 2 is 1.92 bits per heavy atom. The Bertz CT molecular complexity index is 589. The van der Waals surface area contributed by atoms with Crippen molar-refractivity contribution in [2.45, 2.75) is 12.8 Å². The summed E-state index contributed by atoms with van der Waals surface area (Å²) in [5.41, 5.74) is 1.14. The Labute approximate surface area is 179 Å². The van der Waals surface area contributed by atoms with Crippen molar-refractivity contribution < 1.29 is 0 Å². The first kappa shape index (κ1) is 21.6. The highest BCUT2D eigenvalue weighted by atomic mass is 127. The van der Waals surface area contributed by atoms with Crippen LogP contribution in [0.2, 0.25) is 5.02 Å². The lowest BCUT2D eigenvalue weighted by Crippen LogP contribution is -2.53. The molecular formula is C19H31ClIN5. The van der Waals surface area contributed by atoms with Crippen molar-refractivity contribution in [2.24, 2.45) is 10.9 Å². The molecule has 1 unspecified atom stereocenters. The molecule has 0 aromatic heterocycles. The van der Waals surface area contributed by atoms with Crippen LogP contribution in [0.5, 0.6) is 0 Å². The predicted octanol–water partition coefficient (Wildman–Crippen LogP) is 3.00. The number of hydrogen-bond donors (Lipinski definition) is 1. The molecule has 2 aliphatic rings. The third kappa shape index (κ3) is 5.63. The second kappa shape index (κ2) is 10.6. The van der Waals surface area contributed by atoms with Crippen LogP contribution >= 0.6 is 35.6 Å². The molecule has 0 aliphatic carbocycles. The molecule has 146 valence electrons. The molecule has 1 N–H and O–H groups in total. The fraction of sp³-hybridized carbons (Fsp3) is 0.632. The lowest BCUT2D eigenvalue weighted by molar-refractivity contribution is 0.209. The third-order valence-electron chi connectivity index (χ3n) is 5.26. The second-order valence-corrected chi connectivity index (χ2v) is 7.53.